The molecule has 6 heteroatoms. The molecule has 1 aromatic carbocycles. The van der Waals surface area contributed by atoms with Crippen LogP contribution in [0.2, 0.25) is 0 Å². The first-order valence-electron chi connectivity index (χ1n) is 5.34. The minimum atomic E-state index is -3.56. The van der Waals surface area contributed by atoms with Crippen LogP contribution in [0.25, 0.3) is 0 Å². The van der Waals surface area contributed by atoms with Crippen LogP contribution in [0.15, 0.2) is 24.3 Å². The van der Waals surface area contributed by atoms with Crippen LogP contribution in [-0.4, -0.2) is 21.1 Å². The maximum absolute atomic E-state index is 11.9. The highest BCUT2D eigenvalue weighted by Gasteiger charge is 2.24. The van der Waals surface area contributed by atoms with Crippen LogP contribution in [0.4, 0.5) is 0 Å². The van der Waals surface area contributed by atoms with E-state index in [1.54, 1.807) is 24.3 Å². The average molecular weight is 268 g/mol. The van der Waals surface area contributed by atoms with E-state index in [0.29, 0.717) is 11.3 Å². The first-order chi connectivity index (χ1) is 8.28. The number of rotatable bonds is 5. The van der Waals surface area contributed by atoms with Gasteiger partial charge in [0.15, 0.2) is 0 Å². The van der Waals surface area contributed by atoms with E-state index in [2.05, 4.69) is 4.72 Å². The van der Waals surface area contributed by atoms with Crippen LogP contribution in [-0.2, 0) is 15.8 Å². The summed E-state index contributed by atoms with van der Waals surface area (Å²) in [4.78, 5) is 0. The normalized spacial score (nSPS) is 11.9. The van der Waals surface area contributed by atoms with Gasteiger partial charge in [0, 0.05) is 0 Å². The Morgan fingerprint density at radius 3 is 2.67 bits per heavy atom. The van der Waals surface area contributed by atoms with E-state index >= 15 is 0 Å². The van der Waals surface area contributed by atoms with Crippen LogP contribution in [0.5, 0.6) is 5.75 Å². The molecule has 0 saturated carbocycles. The fourth-order valence-corrected chi connectivity index (χ4v) is 2.94. The Morgan fingerprint density at radius 2 is 2.11 bits per heavy atom. The lowest BCUT2D eigenvalue weighted by atomic mass is 10.1. The lowest BCUT2D eigenvalue weighted by Crippen LogP contribution is -2.42. The van der Waals surface area contributed by atoms with Gasteiger partial charge in [0.1, 0.15) is 11.3 Å². The summed E-state index contributed by atoms with van der Waals surface area (Å²) in [5.74, 6) is 0.414. The molecular formula is C12H16N2O3S. The average Bonchev–Trinajstić information content (AvgIpc) is 2.27. The van der Waals surface area contributed by atoms with E-state index < -0.39 is 15.6 Å². The van der Waals surface area contributed by atoms with Gasteiger partial charge in [-0.2, -0.15) is 9.98 Å². The highest BCUT2D eigenvalue weighted by molar-refractivity contribution is 7.88. The van der Waals surface area contributed by atoms with Crippen LogP contribution in [0.3, 0.4) is 0 Å². The number of nitriles is 1. The van der Waals surface area contributed by atoms with Crippen molar-refractivity contribution in [1.82, 2.24) is 4.72 Å². The molecule has 98 valence electrons. The highest BCUT2D eigenvalue weighted by Crippen LogP contribution is 2.15. The van der Waals surface area contributed by atoms with E-state index in [0.717, 1.165) is 0 Å². The van der Waals surface area contributed by atoms with E-state index in [1.807, 2.05) is 6.07 Å². The third-order valence-corrected chi connectivity index (χ3v) is 3.72. The Hall–Kier alpha value is -1.58. The molecule has 18 heavy (non-hydrogen) atoms. The molecule has 0 aliphatic rings. The maximum atomic E-state index is 11.9. The maximum Gasteiger partial charge on any atom is 0.217 e. The summed E-state index contributed by atoms with van der Waals surface area (Å²) in [7, 11) is -2.04. The molecule has 0 aliphatic heterocycles. The molecule has 1 aromatic rings. The summed E-state index contributed by atoms with van der Waals surface area (Å²) in [5, 5.41) is 8.81. The largest absolute Gasteiger partial charge is 0.497 e. The molecule has 0 radical (unpaired) electrons. The van der Waals surface area contributed by atoms with Crippen molar-refractivity contribution < 1.29 is 13.2 Å². The zero-order valence-electron chi connectivity index (χ0n) is 10.6. The third-order valence-electron chi connectivity index (χ3n) is 2.18. The van der Waals surface area contributed by atoms with Crippen molar-refractivity contribution in [2.45, 2.75) is 25.1 Å². The molecule has 1 N–H and O–H groups in total. The summed E-state index contributed by atoms with van der Waals surface area (Å²) in [5.41, 5.74) is -0.506. The molecular weight excluding hydrogens is 252 g/mol. The van der Waals surface area contributed by atoms with Gasteiger partial charge in [0.25, 0.3) is 0 Å². The molecule has 0 unspecified atom stereocenters. The molecule has 0 saturated heterocycles. The Morgan fingerprint density at radius 1 is 1.44 bits per heavy atom. The second-order valence-corrected chi connectivity index (χ2v) is 6.17. The van der Waals surface area contributed by atoms with Gasteiger partial charge in [-0.1, -0.05) is 12.1 Å². The monoisotopic (exact) mass is 268 g/mol. The minimum Gasteiger partial charge on any atom is -0.497 e. The number of nitrogens with one attached hydrogen (secondary N) is 1. The van der Waals surface area contributed by atoms with Crippen molar-refractivity contribution >= 4 is 10.0 Å². The van der Waals surface area contributed by atoms with Gasteiger partial charge in [0.05, 0.1) is 18.9 Å². The van der Waals surface area contributed by atoms with E-state index in [-0.39, 0.29) is 5.75 Å². The number of methoxy groups -OCH3 is 1. The first-order valence-corrected chi connectivity index (χ1v) is 6.99. The molecule has 0 heterocycles. The molecule has 0 spiro atoms. The Labute approximate surface area is 107 Å². The predicted octanol–water partition coefficient (Wildman–Crippen LogP) is 1.42. The first kappa shape index (κ1) is 14.5. The third kappa shape index (κ3) is 4.35. The Bertz CT molecular complexity index is 559. The van der Waals surface area contributed by atoms with Crippen molar-refractivity contribution in [2.75, 3.05) is 7.11 Å². The summed E-state index contributed by atoms with van der Waals surface area (Å²) < 4.78 is 31.1. The lowest BCUT2D eigenvalue weighted by molar-refractivity contribution is 0.414. The number of sulfonamides is 1. The van der Waals surface area contributed by atoms with E-state index in [9.17, 15) is 8.42 Å². The van der Waals surface area contributed by atoms with Gasteiger partial charge in [-0.15, -0.1) is 0 Å². The van der Waals surface area contributed by atoms with Gasteiger partial charge in [-0.3, -0.25) is 0 Å². The standard InChI is InChI=1S/C12H16N2O3S/c1-12(2,9-13)14-18(15,16)8-10-5-4-6-11(7-10)17-3/h4-7,14H,8H2,1-3H3. The topological polar surface area (TPSA) is 79.2 Å². The van der Waals surface area contributed by atoms with Crippen LogP contribution in [0.1, 0.15) is 19.4 Å². The Balaban J connectivity index is 2.86. The summed E-state index contributed by atoms with van der Waals surface area (Å²) in [6.45, 7) is 3.02. The van der Waals surface area contributed by atoms with Gasteiger partial charge in [0.2, 0.25) is 10.0 Å². The van der Waals surface area contributed by atoms with Crippen molar-refractivity contribution in [1.29, 1.82) is 5.26 Å². The van der Waals surface area contributed by atoms with Crippen LogP contribution >= 0.6 is 0 Å². The molecule has 0 atom stereocenters. The number of benzene rings is 1. The van der Waals surface area contributed by atoms with Crippen molar-refractivity contribution in [3.8, 4) is 11.8 Å². The highest BCUT2D eigenvalue weighted by atomic mass is 32.2. The van der Waals surface area contributed by atoms with Crippen molar-refractivity contribution in [3.05, 3.63) is 29.8 Å². The fraction of sp³-hybridized carbons (Fsp3) is 0.417. The van der Waals surface area contributed by atoms with E-state index in [4.69, 9.17) is 10.00 Å². The van der Waals surface area contributed by atoms with Gasteiger partial charge >= 0.3 is 0 Å². The number of hydrogen-bond donors (Lipinski definition) is 1. The SMILES string of the molecule is COc1cccc(CS(=O)(=O)NC(C)(C)C#N)c1. The summed E-state index contributed by atoms with van der Waals surface area (Å²) in [6, 6.07) is 8.70. The summed E-state index contributed by atoms with van der Waals surface area (Å²) >= 11 is 0. The minimum absolute atomic E-state index is 0.185. The quantitative estimate of drug-likeness (QED) is 0.875. The van der Waals surface area contributed by atoms with Gasteiger partial charge in [-0.05, 0) is 31.5 Å². The molecule has 0 aliphatic carbocycles. The number of nitrogens with zero attached hydrogens (tertiary/aromatic N) is 1. The molecule has 0 bridgehead atoms. The second kappa shape index (κ2) is 5.38. The molecule has 1 rings (SSSR count). The van der Waals surface area contributed by atoms with Crippen LogP contribution in [0, 0.1) is 11.3 Å². The van der Waals surface area contributed by atoms with Gasteiger partial charge < -0.3 is 4.74 Å². The lowest BCUT2D eigenvalue weighted by Gasteiger charge is -2.17. The van der Waals surface area contributed by atoms with Gasteiger partial charge in [-0.25, -0.2) is 8.42 Å². The van der Waals surface area contributed by atoms with Crippen LogP contribution < -0.4 is 9.46 Å². The predicted molar refractivity (Wildman–Crippen MR) is 68.4 cm³/mol. The fourth-order valence-electron chi connectivity index (χ4n) is 1.43. The Kier molecular flexibility index (Phi) is 4.33. The molecule has 5 nitrogen and oxygen atoms in total. The zero-order valence-corrected chi connectivity index (χ0v) is 11.4. The molecule has 0 fully saturated rings. The van der Waals surface area contributed by atoms with Crippen molar-refractivity contribution in [2.24, 2.45) is 0 Å². The molecule has 0 aromatic heterocycles. The zero-order chi connectivity index (χ0) is 13.8. The number of ether oxygens (including phenoxy) is 1. The molecule has 0 amide bonds. The number of hydrogen-bond acceptors (Lipinski definition) is 4. The summed E-state index contributed by atoms with van der Waals surface area (Å²) in [6.07, 6.45) is 0. The smallest absolute Gasteiger partial charge is 0.217 e. The second-order valence-electron chi connectivity index (χ2n) is 4.45. The van der Waals surface area contributed by atoms with Crippen molar-refractivity contribution in [3.63, 3.8) is 0 Å². The van der Waals surface area contributed by atoms with E-state index in [1.165, 1.54) is 21.0 Å².